The maximum absolute atomic E-state index is 12.9. The second kappa shape index (κ2) is 10.6. The maximum Gasteiger partial charge on any atom is 0.417 e. The lowest BCUT2D eigenvalue weighted by molar-refractivity contribution is -0.138. The number of carbonyl (C=O) groups is 2. The minimum absolute atomic E-state index is 0.0580. The highest BCUT2D eigenvalue weighted by atomic mass is 19.4. The molecule has 13 heteroatoms. The molecule has 1 saturated heterocycles. The first-order valence-corrected chi connectivity index (χ1v) is 11.9. The Morgan fingerprint density at radius 3 is 2.71 bits per heavy atom. The smallest absolute Gasteiger partial charge is 0.417 e. The number of ether oxygens (including phenoxy) is 3. The highest BCUT2D eigenvalue weighted by Crippen LogP contribution is 2.31. The molecule has 5 rings (SSSR count). The van der Waals surface area contributed by atoms with Gasteiger partial charge in [0.15, 0.2) is 11.5 Å². The van der Waals surface area contributed by atoms with E-state index >= 15 is 0 Å². The average Bonchev–Trinajstić information content (AvgIpc) is 3.34. The molecule has 0 bridgehead atoms. The summed E-state index contributed by atoms with van der Waals surface area (Å²) >= 11 is 0. The van der Waals surface area contributed by atoms with E-state index in [0.717, 1.165) is 12.3 Å². The number of benzene rings is 1. The van der Waals surface area contributed by atoms with Crippen LogP contribution in [0.25, 0.3) is 0 Å². The zero-order valence-corrected chi connectivity index (χ0v) is 20.1. The van der Waals surface area contributed by atoms with Crippen LogP contribution in [0.2, 0.25) is 0 Å². The van der Waals surface area contributed by atoms with Crippen LogP contribution in [0.5, 0.6) is 17.4 Å². The zero-order chi connectivity index (χ0) is 26.7. The van der Waals surface area contributed by atoms with Crippen LogP contribution in [0.1, 0.15) is 18.4 Å². The number of para-hydroxylation sites is 2. The summed E-state index contributed by atoms with van der Waals surface area (Å²) in [6.45, 7) is 0.796. The fourth-order valence-electron chi connectivity index (χ4n) is 4.17. The molecular weight excluding hydrogens is 507 g/mol. The molecule has 10 nitrogen and oxygen atoms in total. The molecule has 38 heavy (non-hydrogen) atoms. The van der Waals surface area contributed by atoms with E-state index in [1.54, 1.807) is 23.1 Å². The third kappa shape index (κ3) is 5.98. The number of halogens is 3. The third-order valence-corrected chi connectivity index (χ3v) is 6.08. The summed E-state index contributed by atoms with van der Waals surface area (Å²) < 4.78 is 56.6. The molecule has 1 unspecified atom stereocenters. The standard InChI is InChI=1S/C25H24F3N5O5/c26-25(27,28)16-7-8-22(29-10-16)37-18-4-3-9-32(13-18)23(34)14-33-12-17(11-30-33)31-24(35)21-15-36-19-5-1-2-6-20(19)38-21/h1-2,5-8,10-12,18,21H,3-4,9,13-15H2,(H,31,35)/t18?,21-/m1/s1. The topological polar surface area (TPSA) is 108 Å². The van der Waals surface area contributed by atoms with Gasteiger partial charge < -0.3 is 24.4 Å². The molecule has 2 aliphatic heterocycles. The zero-order valence-electron chi connectivity index (χ0n) is 20.1. The van der Waals surface area contributed by atoms with Gasteiger partial charge in [-0.05, 0) is 31.0 Å². The molecule has 1 aromatic carbocycles. The fourth-order valence-corrected chi connectivity index (χ4v) is 4.17. The molecule has 2 aliphatic rings. The minimum atomic E-state index is -4.47. The van der Waals surface area contributed by atoms with Crippen molar-refractivity contribution in [3.63, 3.8) is 0 Å². The lowest BCUT2D eigenvalue weighted by Crippen LogP contribution is -2.45. The number of carbonyl (C=O) groups excluding carboxylic acids is 2. The molecule has 200 valence electrons. The van der Waals surface area contributed by atoms with E-state index in [0.29, 0.717) is 36.6 Å². The van der Waals surface area contributed by atoms with Crippen molar-refractivity contribution in [1.82, 2.24) is 19.7 Å². The number of rotatable bonds is 6. The molecule has 4 heterocycles. The summed E-state index contributed by atoms with van der Waals surface area (Å²) in [6, 6.07) is 9.15. The van der Waals surface area contributed by atoms with Crippen LogP contribution in [0, 0.1) is 0 Å². The van der Waals surface area contributed by atoms with Gasteiger partial charge in [-0.3, -0.25) is 14.3 Å². The van der Waals surface area contributed by atoms with Gasteiger partial charge in [0.25, 0.3) is 5.91 Å². The number of anilines is 1. The van der Waals surface area contributed by atoms with Crippen LogP contribution < -0.4 is 19.5 Å². The molecule has 2 amide bonds. The molecule has 0 spiro atoms. The second-order valence-corrected chi connectivity index (χ2v) is 8.88. The van der Waals surface area contributed by atoms with Gasteiger partial charge in [0.2, 0.25) is 17.9 Å². The molecular formula is C25H24F3N5O5. The minimum Gasteiger partial charge on any atom is -0.485 e. The summed E-state index contributed by atoms with van der Waals surface area (Å²) in [4.78, 5) is 30.8. The first kappa shape index (κ1) is 25.4. The van der Waals surface area contributed by atoms with E-state index in [-0.39, 0.29) is 31.5 Å². The summed E-state index contributed by atoms with van der Waals surface area (Å²) in [5, 5.41) is 6.86. The molecule has 0 radical (unpaired) electrons. The van der Waals surface area contributed by atoms with Crippen LogP contribution in [-0.4, -0.2) is 63.4 Å². The normalized spacial score (nSPS) is 19.1. The van der Waals surface area contributed by atoms with E-state index in [1.807, 2.05) is 6.07 Å². The van der Waals surface area contributed by atoms with Gasteiger partial charge in [-0.1, -0.05) is 12.1 Å². The van der Waals surface area contributed by atoms with Crippen molar-refractivity contribution in [3.05, 3.63) is 60.6 Å². The molecule has 2 aromatic heterocycles. The monoisotopic (exact) mass is 531 g/mol. The molecule has 0 saturated carbocycles. The van der Waals surface area contributed by atoms with Crippen LogP contribution in [0.4, 0.5) is 18.9 Å². The van der Waals surface area contributed by atoms with Crippen molar-refractivity contribution in [1.29, 1.82) is 0 Å². The number of hydrogen-bond acceptors (Lipinski definition) is 7. The first-order valence-electron chi connectivity index (χ1n) is 11.9. The number of alkyl halides is 3. The fraction of sp³-hybridized carbons (Fsp3) is 0.360. The Bertz CT molecular complexity index is 1300. The summed E-state index contributed by atoms with van der Waals surface area (Å²) in [5.74, 6) is 0.515. The summed E-state index contributed by atoms with van der Waals surface area (Å²) in [6.07, 6.45) is -0.697. The number of fused-ring (bicyclic) bond motifs is 1. The molecule has 1 fully saturated rings. The summed E-state index contributed by atoms with van der Waals surface area (Å²) in [5.41, 5.74) is -0.455. The lowest BCUT2D eigenvalue weighted by Gasteiger charge is -2.32. The Morgan fingerprint density at radius 1 is 1.13 bits per heavy atom. The van der Waals surface area contributed by atoms with Gasteiger partial charge in [-0.15, -0.1) is 0 Å². The van der Waals surface area contributed by atoms with E-state index in [2.05, 4.69) is 15.4 Å². The Labute approximate surface area is 215 Å². The lowest BCUT2D eigenvalue weighted by atomic mass is 10.1. The van der Waals surface area contributed by atoms with Crippen LogP contribution in [0.15, 0.2) is 55.0 Å². The summed E-state index contributed by atoms with van der Waals surface area (Å²) in [7, 11) is 0. The highest BCUT2D eigenvalue weighted by molar-refractivity contribution is 5.94. The van der Waals surface area contributed by atoms with Crippen molar-refractivity contribution in [3.8, 4) is 17.4 Å². The van der Waals surface area contributed by atoms with Crippen molar-refractivity contribution >= 4 is 17.5 Å². The number of aromatic nitrogens is 3. The Morgan fingerprint density at radius 2 is 1.95 bits per heavy atom. The molecule has 2 atom stereocenters. The SMILES string of the molecule is O=C(Nc1cnn(CC(=O)N2CCCC(Oc3ccc(C(F)(F)F)cn3)C2)c1)[C@H]1COc2ccccc2O1. The maximum atomic E-state index is 12.9. The second-order valence-electron chi connectivity index (χ2n) is 8.88. The van der Waals surface area contributed by atoms with Gasteiger partial charge in [-0.2, -0.15) is 18.3 Å². The van der Waals surface area contributed by atoms with Gasteiger partial charge >= 0.3 is 6.18 Å². The van der Waals surface area contributed by atoms with Gasteiger partial charge in [0.1, 0.15) is 19.3 Å². The quantitative estimate of drug-likeness (QED) is 0.521. The van der Waals surface area contributed by atoms with Gasteiger partial charge in [0, 0.05) is 25.0 Å². The van der Waals surface area contributed by atoms with Crippen LogP contribution in [0.3, 0.4) is 0 Å². The average molecular weight is 531 g/mol. The number of hydrogen-bond donors (Lipinski definition) is 1. The predicted molar refractivity (Wildman–Crippen MR) is 127 cm³/mol. The van der Waals surface area contributed by atoms with E-state index in [1.165, 1.54) is 23.1 Å². The van der Waals surface area contributed by atoms with E-state index < -0.39 is 29.9 Å². The van der Waals surface area contributed by atoms with Crippen LogP contribution in [-0.2, 0) is 22.3 Å². The Balaban J connectivity index is 1.12. The number of nitrogens with zero attached hydrogens (tertiary/aromatic N) is 4. The van der Waals surface area contributed by atoms with E-state index in [9.17, 15) is 22.8 Å². The number of likely N-dealkylation sites (tertiary alicyclic amines) is 1. The van der Waals surface area contributed by atoms with E-state index in [4.69, 9.17) is 14.2 Å². The molecule has 3 aromatic rings. The highest BCUT2D eigenvalue weighted by Gasteiger charge is 2.31. The third-order valence-electron chi connectivity index (χ3n) is 6.08. The van der Waals surface area contributed by atoms with Crippen molar-refractivity contribution < 1.29 is 37.0 Å². The van der Waals surface area contributed by atoms with Crippen molar-refractivity contribution in [2.75, 3.05) is 25.0 Å². The number of nitrogens with one attached hydrogen (secondary N) is 1. The van der Waals surface area contributed by atoms with Crippen molar-refractivity contribution in [2.45, 2.75) is 37.8 Å². The Kier molecular flexibility index (Phi) is 7.07. The van der Waals surface area contributed by atoms with Crippen molar-refractivity contribution in [2.24, 2.45) is 0 Å². The van der Waals surface area contributed by atoms with Crippen LogP contribution >= 0.6 is 0 Å². The number of pyridine rings is 1. The first-order chi connectivity index (χ1) is 18.2. The number of amides is 2. The Hall–Kier alpha value is -4.29. The van der Waals surface area contributed by atoms with Gasteiger partial charge in [0.05, 0.1) is 24.0 Å². The molecule has 0 aliphatic carbocycles. The van der Waals surface area contributed by atoms with Gasteiger partial charge in [-0.25, -0.2) is 4.98 Å². The molecule has 1 N–H and O–H groups in total. The predicted octanol–water partition coefficient (Wildman–Crippen LogP) is 3.15. The number of piperidine rings is 1. The largest absolute Gasteiger partial charge is 0.485 e.